The van der Waals surface area contributed by atoms with Crippen LogP contribution in [0.1, 0.15) is 34.5 Å². The van der Waals surface area contributed by atoms with Gasteiger partial charge in [0, 0.05) is 12.6 Å². The molecule has 1 amide bonds. The lowest BCUT2D eigenvalue weighted by Gasteiger charge is -2.18. The van der Waals surface area contributed by atoms with Crippen molar-refractivity contribution in [3.8, 4) is 5.88 Å². The molecular formula is C17H18N2O3. The Hall–Kier alpha value is -2.40. The van der Waals surface area contributed by atoms with E-state index in [0.29, 0.717) is 24.5 Å². The number of fused-ring (bicyclic) bond motifs is 1. The summed E-state index contributed by atoms with van der Waals surface area (Å²) in [7, 11) is 0. The van der Waals surface area contributed by atoms with E-state index in [2.05, 4.69) is 10.3 Å². The number of pyridine rings is 1. The summed E-state index contributed by atoms with van der Waals surface area (Å²) < 4.78 is 5.38. The van der Waals surface area contributed by atoms with Crippen molar-refractivity contribution in [3.63, 3.8) is 0 Å². The third-order valence-electron chi connectivity index (χ3n) is 3.79. The minimum atomic E-state index is -0.617. The van der Waals surface area contributed by atoms with E-state index in [0.717, 1.165) is 11.1 Å². The van der Waals surface area contributed by atoms with E-state index in [1.165, 1.54) is 0 Å². The van der Waals surface area contributed by atoms with Crippen LogP contribution in [0.3, 0.4) is 0 Å². The third-order valence-corrected chi connectivity index (χ3v) is 3.79. The van der Waals surface area contributed by atoms with Gasteiger partial charge in [0.25, 0.3) is 5.91 Å². The molecule has 3 rings (SSSR count). The summed E-state index contributed by atoms with van der Waals surface area (Å²) in [6.45, 7) is 2.28. The highest BCUT2D eigenvalue weighted by Crippen LogP contribution is 2.31. The van der Waals surface area contributed by atoms with Gasteiger partial charge >= 0.3 is 0 Å². The van der Waals surface area contributed by atoms with E-state index in [1.54, 1.807) is 18.3 Å². The highest BCUT2D eigenvalue weighted by Gasteiger charge is 2.32. The molecule has 1 aromatic carbocycles. The second-order valence-electron chi connectivity index (χ2n) is 5.21. The number of carbonyl (C=O) groups excluding carboxylic acids is 1. The Kier molecular flexibility index (Phi) is 4.06. The number of carbonyl (C=O) groups is 1. The zero-order valence-corrected chi connectivity index (χ0v) is 12.3. The molecule has 0 aliphatic heterocycles. The van der Waals surface area contributed by atoms with Crippen molar-refractivity contribution in [2.45, 2.75) is 25.5 Å². The van der Waals surface area contributed by atoms with Gasteiger partial charge in [0.05, 0.1) is 18.8 Å². The minimum Gasteiger partial charge on any atom is -0.477 e. The van der Waals surface area contributed by atoms with Gasteiger partial charge in [0.1, 0.15) is 5.56 Å². The summed E-state index contributed by atoms with van der Waals surface area (Å²) in [6, 6.07) is 10.7. The number of aliphatic hydroxyl groups excluding tert-OH is 1. The van der Waals surface area contributed by atoms with Gasteiger partial charge in [-0.1, -0.05) is 24.3 Å². The van der Waals surface area contributed by atoms with E-state index in [4.69, 9.17) is 4.74 Å². The summed E-state index contributed by atoms with van der Waals surface area (Å²) in [5.74, 6) is 0.0144. The Morgan fingerprint density at radius 2 is 2.18 bits per heavy atom. The predicted octanol–water partition coefficient (Wildman–Crippen LogP) is 1.87. The highest BCUT2D eigenvalue weighted by atomic mass is 16.5. The van der Waals surface area contributed by atoms with Crippen LogP contribution in [0.5, 0.6) is 5.88 Å². The van der Waals surface area contributed by atoms with Gasteiger partial charge in [0.2, 0.25) is 5.88 Å². The maximum atomic E-state index is 12.5. The van der Waals surface area contributed by atoms with Crippen LogP contribution < -0.4 is 10.1 Å². The normalized spacial score (nSPS) is 19.5. The van der Waals surface area contributed by atoms with Crippen molar-refractivity contribution in [1.29, 1.82) is 0 Å². The smallest absolute Gasteiger partial charge is 0.257 e. The molecule has 0 unspecified atom stereocenters. The summed E-state index contributed by atoms with van der Waals surface area (Å²) in [5.41, 5.74) is 2.41. The summed E-state index contributed by atoms with van der Waals surface area (Å²) in [6.07, 6.45) is 1.52. The van der Waals surface area contributed by atoms with Gasteiger partial charge in [-0.15, -0.1) is 0 Å². The number of hydrogen-bond acceptors (Lipinski definition) is 4. The van der Waals surface area contributed by atoms with Gasteiger partial charge in [-0.05, 0) is 30.2 Å². The molecule has 5 nitrogen and oxygen atoms in total. The van der Waals surface area contributed by atoms with Crippen LogP contribution in [0.15, 0.2) is 42.6 Å². The van der Waals surface area contributed by atoms with Crippen molar-refractivity contribution in [1.82, 2.24) is 10.3 Å². The number of aromatic nitrogens is 1. The van der Waals surface area contributed by atoms with Gasteiger partial charge in [-0.3, -0.25) is 4.79 Å². The van der Waals surface area contributed by atoms with Crippen molar-refractivity contribution in [2.75, 3.05) is 6.61 Å². The number of nitrogens with one attached hydrogen (secondary N) is 1. The van der Waals surface area contributed by atoms with Crippen LogP contribution in [0, 0.1) is 0 Å². The molecule has 2 atom stereocenters. The summed E-state index contributed by atoms with van der Waals surface area (Å²) in [5, 5.41) is 13.1. The first-order valence-corrected chi connectivity index (χ1v) is 7.35. The highest BCUT2D eigenvalue weighted by molar-refractivity contribution is 5.96. The lowest BCUT2D eigenvalue weighted by Crippen LogP contribution is -2.34. The predicted molar refractivity (Wildman–Crippen MR) is 81.8 cm³/mol. The quantitative estimate of drug-likeness (QED) is 0.904. The minimum absolute atomic E-state index is 0.294. The molecule has 0 saturated carbocycles. The lowest BCUT2D eigenvalue weighted by atomic mass is 10.1. The Balaban J connectivity index is 1.83. The summed E-state index contributed by atoms with van der Waals surface area (Å²) >= 11 is 0. The first kappa shape index (κ1) is 14.5. The number of amides is 1. The molecule has 1 aliphatic rings. The molecule has 1 aliphatic carbocycles. The number of nitrogens with zero attached hydrogens (tertiary/aromatic N) is 1. The second-order valence-corrected chi connectivity index (χ2v) is 5.21. The van der Waals surface area contributed by atoms with Crippen molar-refractivity contribution in [2.24, 2.45) is 0 Å². The molecule has 2 N–H and O–H groups in total. The van der Waals surface area contributed by atoms with Gasteiger partial charge in [-0.2, -0.15) is 0 Å². The van der Waals surface area contributed by atoms with E-state index >= 15 is 0 Å². The summed E-state index contributed by atoms with van der Waals surface area (Å²) in [4.78, 5) is 16.6. The maximum absolute atomic E-state index is 12.5. The molecule has 0 spiro atoms. The molecular weight excluding hydrogens is 280 g/mol. The molecule has 0 fully saturated rings. The molecule has 1 aromatic heterocycles. The number of benzene rings is 1. The average Bonchev–Trinajstić information content (AvgIpc) is 2.84. The topological polar surface area (TPSA) is 71.5 Å². The molecule has 5 heteroatoms. The first-order chi connectivity index (χ1) is 10.7. The fraction of sp³-hybridized carbons (Fsp3) is 0.294. The van der Waals surface area contributed by atoms with E-state index in [-0.39, 0.29) is 5.91 Å². The van der Waals surface area contributed by atoms with Gasteiger partial charge in [0.15, 0.2) is 0 Å². The van der Waals surface area contributed by atoms with Crippen LogP contribution >= 0.6 is 0 Å². The monoisotopic (exact) mass is 298 g/mol. The molecule has 2 aromatic rings. The largest absolute Gasteiger partial charge is 0.477 e. The molecule has 0 bridgehead atoms. The number of rotatable bonds is 4. The zero-order valence-electron chi connectivity index (χ0n) is 12.3. The van der Waals surface area contributed by atoms with E-state index in [9.17, 15) is 9.90 Å². The Morgan fingerprint density at radius 1 is 1.36 bits per heavy atom. The Bertz CT molecular complexity index is 687. The molecule has 114 valence electrons. The van der Waals surface area contributed by atoms with Crippen molar-refractivity contribution >= 4 is 5.91 Å². The van der Waals surface area contributed by atoms with Crippen LogP contribution in [-0.4, -0.2) is 28.7 Å². The third kappa shape index (κ3) is 2.67. The van der Waals surface area contributed by atoms with E-state index < -0.39 is 12.1 Å². The maximum Gasteiger partial charge on any atom is 0.257 e. The lowest BCUT2D eigenvalue weighted by molar-refractivity contribution is 0.0853. The first-order valence-electron chi connectivity index (χ1n) is 7.35. The standard InChI is InChI=1S/C17H18N2O3/c1-2-22-17-13(8-5-9-18-17)16(21)19-15-12-7-4-3-6-11(12)10-14(15)20/h3-9,14-15,20H,2,10H2,1H3,(H,19,21)/t14-,15+/m1/s1. The molecule has 0 saturated heterocycles. The van der Waals surface area contributed by atoms with Crippen LogP contribution in [-0.2, 0) is 6.42 Å². The molecule has 1 heterocycles. The number of aliphatic hydroxyl groups is 1. The Morgan fingerprint density at radius 3 is 3.00 bits per heavy atom. The van der Waals surface area contributed by atoms with E-state index in [1.807, 2.05) is 31.2 Å². The average molecular weight is 298 g/mol. The van der Waals surface area contributed by atoms with Crippen molar-refractivity contribution in [3.05, 3.63) is 59.3 Å². The second kappa shape index (κ2) is 6.15. The molecule has 22 heavy (non-hydrogen) atoms. The fourth-order valence-corrected chi connectivity index (χ4v) is 2.78. The SMILES string of the molecule is CCOc1ncccc1C(=O)N[C@H]1c2ccccc2C[C@H]1O. The molecule has 0 radical (unpaired) electrons. The van der Waals surface area contributed by atoms with Crippen LogP contribution in [0.25, 0.3) is 0 Å². The number of hydrogen-bond donors (Lipinski definition) is 2. The number of ether oxygens (including phenoxy) is 1. The van der Waals surface area contributed by atoms with Crippen LogP contribution in [0.4, 0.5) is 0 Å². The van der Waals surface area contributed by atoms with Crippen molar-refractivity contribution < 1.29 is 14.6 Å². The van der Waals surface area contributed by atoms with Crippen LogP contribution in [0.2, 0.25) is 0 Å². The van der Waals surface area contributed by atoms with Gasteiger partial charge in [-0.25, -0.2) is 4.98 Å². The van der Waals surface area contributed by atoms with Gasteiger partial charge < -0.3 is 15.2 Å². The Labute approximate surface area is 129 Å². The zero-order chi connectivity index (χ0) is 15.5. The fourth-order valence-electron chi connectivity index (χ4n) is 2.78.